The Kier molecular flexibility index (Phi) is 4.06. The van der Waals surface area contributed by atoms with E-state index in [2.05, 4.69) is 11.4 Å². The van der Waals surface area contributed by atoms with E-state index in [-0.39, 0.29) is 51.4 Å². The molecular weight excluding hydrogens is 175 g/mol. The predicted octanol–water partition coefficient (Wildman–Crippen LogP) is -1.37. The van der Waals surface area contributed by atoms with Crippen LogP contribution in [0.1, 0.15) is 18.4 Å². The summed E-state index contributed by atoms with van der Waals surface area (Å²) in [5.74, 6) is 1.42. The fourth-order valence-electron chi connectivity index (χ4n) is 1.09. The van der Waals surface area contributed by atoms with Gasteiger partial charge in [-0.3, -0.25) is 0 Å². The molecule has 2 nitrogen and oxygen atoms in total. The van der Waals surface area contributed by atoms with Crippen molar-refractivity contribution in [2.75, 3.05) is 5.73 Å². The molecule has 3 heteroatoms. The fraction of sp³-hybridized carbons (Fsp3) is 0.333. The Morgan fingerprint density at radius 3 is 2.83 bits per heavy atom. The molecule has 0 bridgehead atoms. The van der Waals surface area contributed by atoms with Crippen LogP contribution in [0.5, 0.6) is 0 Å². The number of hydrogen-bond acceptors (Lipinski definition) is 2. The maximum atomic E-state index is 5.65. The molecule has 12 heavy (non-hydrogen) atoms. The van der Waals surface area contributed by atoms with Crippen molar-refractivity contribution in [3.8, 4) is 0 Å². The Balaban J connectivity index is 0.000000720. The summed E-state index contributed by atoms with van der Waals surface area (Å²) in [5.41, 5.74) is 6.75. The summed E-state index contributed by atoms with van der Waals surface area (Å²) in [7, 11) is 0. The maximum Gasteiger partial charge on any atom is 1.00 e. The van der Waals surface area contributed by atoms with Gasteiger partial charge in [0.05, 0.1) is 0 Å². The zero-order chi connectivity index (χ0) is 7.68. The van der Waals surface area contributed by atoms with Gasteiger partial charge in [0, 0.05) is 12.0 Å². The quantitative estimate of drug-likeness (QED) is 0.457. The van der Waals surface area contributed by atoms with Gasteiger partial charge in [-0.1, -0.05) is 18.8 Å². The van der Waals surface area contributed by atoms with Gasteiger partial charge in [-0.05, 0) is 0 Å². The van der Waals surface area contributed by atoms with Crippen LogP contribution < -0.4 is 57.1 Å². The minimum absolute atomic E-state index is 0. The van der Waals surface area contributed by atoms with Gasteiger partial charge in [0.25, 0.3) is 0 Å². The summed E-state index contributed by atoms with van der Waals surface area (Å²) < 4.78 is 0. The number of nitrogens with zero attached hydrogens (tertiary/aromatic N) is 1. The first-order valence-electron chi connectivity index (χ1n) is 3.91. The normalized spacial score (nSPS) is 15.0. The van der Waals surface area contributed by atoms with Crippen molar-refractivity contribution in [1.29, 1.82) is 0 Å². The van der Waals surface area contributed by atoms with E-state index in [1.165, 1.54) is 12.8 Å². The molecule has 1 heterocycles. The molecule has 1 aromatic heterocycles. The summed E-state index contributed by atoms with van der Waals surface area (Å²) in [6.45, 7) is 0. The molecule has 0 aliphatic heterocycles. The summed E-state index contributed by atoms with van der Waals surface area (Å²) in [5, 5.41) is 0. The van der Waals surface area contributed by atoms with Crippen LogP contribution in [-0.2, 0) is 0 Å². The van der Waals surface area contributed by atoms with E-state index in [4.69, 9.17) is 5.73 Å². The number of pyridine rings is 1. The number of hydrogen-bond donors (Lipinski definition) is 1. The number of nitrogens with two attached hydrogens (primary N) is 1. The standard InChI is InChI=1S/C9H11N2.K/c10-9-8(2-1-5-11-9)6-7-3-4-7;/h1-2,5-7H,3-4H2,(H2,10,11);/q-1;+1. The molecule has 0 amide bonds. The van der Waals surface area contributed by atoms with Gasteiger partial charge < -0.3 is 10.7 Å². The van der Waals surface area contributed by atoms with E-state index < -0.39 is 0 Å². The number of nitrogen functional groups attached to an aromatic ring is 1. The zero-order valence-corrected chi connectivity index (χ0v) is 10.4. The number of aromatic nitrogens is 1. The van der Waals surface area contributed by atoms with Crippen molar-refractivity contribution in [1.82, 2.24) is 4.98 Å². The molecule has 0 atom stereocenters. The SMILES string of the molecule is Nc1ncccc1[CH-]C1CC1.[K+]. The molecule has 1 saturated carbocycles. The first-order chi connectivity index (χ1) is 5.36. The van der Waals surface area contributed by atoms with Crippen molar-refractivity contribution < 1.29 is 51.4 Å². The average Bonchev–Trinajstić information content (AvgIpc) is 2.78. The fourth-order valence-corrected chi connectivity index (χ4v) is 1.09. The van der Waals surface area contributed by atoms with Gasteiger partial charge in [-0.25, -0.2) is 0 Å². The first-order valence-corrected chi connectivity index (χ1v) is 3.91. The van der Waals surface area contributed by atoms with Crippen LogP contribution in [0.15, 0.2) is 18.3 Å². The molecule has 2 N–H and O–H groups in total. The summed E-state index contributed by atoms with van der Waals surface area (Å²) in [4.78, 5) is 4.01. The molecule has 2 rings (SSSR count). The molecular formula is C9H11KN2. The van der Waals surface area contributed by atoms with Crippen molar-refractivity contribution >= 4 is 5.82 Å². The minimum atomic E-state index is 0. The Labute approximate surface area is 115 Å². The molecule has 0 unspecified atom stereocenters. The van der Waals surface area contributed by atoms with E-state index in [0.29, 0.717) is 5.82 Å². The van der Waals surface area contributed by atoms with E-state index in [9.17, 15) is 0 Å². The third-order valence-corrected chi connectivity index (χ3v) is 1.91. The van der Waals surface area contributed by atoms with Crippen molar-refractivity contribution in [3.63, 3.8) is 0 Å². The van der Waals surface area contributed by atoms with Crippen LogP contribution in [0.2, 0.25) is 0 Å². The van der Waals surface area contributed by atoms with Crippen molar-refractivity contribution in [2.45, 2.75) is 12.8 Å². The van der Waals surface area contributed by atoms with Crippen molar-refractivity contribution in [3.05, 3.63) is 30.3 Å². The maximum absolute atomic E-state index is 5.65. The summed E-state index contributed by atoms with van der Waals surface area (Å²) in [6.07, 6.45) is 6.56. The summed E-state index contributed by atoms with van der Waals surface area (Å²) >= 11 is 0. The topological polar surface area (TPSA) is 38.9 Å². The van der Waals surface area contributed by atoms with Gasteiger partial charge in [-0.2, -0.15) is 18.1 Å². The minimum Gasteiger partial charge on any atom is -0.434 e. The van der Waals surface area contributed by atoms with Crippen LogP contribution in [0, 0.1) is 12.3 Å². The molecule has 0 spiro atoms. The van der Waals surface area contributed by atoms with Crippen LogP contribution >= 0.6 is 0 Å². The van der Waals surface area contributed by atoms with Crippen LogP contribution in [0.4, 0.5) is 5.82 Å². The van der Waals surface area contributed by atoms with E-state index in [1.807, 2.05) is 12.1 Å². The Bertz CT molecular complexity index is 258. The van der Waals surface area contributed by atoms with Gasteiger partial charge in [-0.15, -0.1) is 6.07 Å². The molecule has 0 radical (unpaired) electrons. The van der Waals surface area contributed by atoms with Crippen LogP contribution in [-0.4, -0.2) is 4.98 Å². The number of anilines is 1. The van der Waals surface area contributed by atoms with E-state index >= 15 is 0 Å². The zero-order valence-electron chi connectivity index (χ0n) is 7.33. The molecule has 1 aliphatic rings. The smallest absolute Gasteiger partial charge is 0.434 e. The van der Waals surface area contributed by atoms with Gasteiger partial charge in [0.1, 0.15) is 0 Å². The molecule has 1 aromatic rings. The van der Waals surface area contributed by atoms with Crippen molar-refractivity contribution in [2.24, 2.45) is 5.92 Å². The largest absolute Gasteiger partial charge is 1.00 e. The summed E-state index contributed by atoms with van der Waals surface area (Å²) in [6, 6.07) is 3.94. The van der Waals surface area contributed by atoms with Crippen LogP contribution in [0.3, 0.4) is 0 Å². The molecule has 58 valence electrons. The molecule has 1 aliphatic carbocycles. The first kappa shape index (κ1) is 10.5. The third-order valence-electron chi connectivity index (χ3n) is 1.91. The molecule has 0 saturated heterocycles. The monoisotopic (exact) mass is 186 g/mol. The van der Waals surface area contributed by atoms with Gasteiger partial charge in [0.15, 0.2) is 0 Å². The molecule has 1 fully saturated rings. The van der Waals surface area contributed by atoms with Gasteiger partial charge in [0.2, 0.25) is 0 Å². The second-order valence-electron chi connectivity index (χ2n) is 2.98. The van der Waals surface area contributed by atoms with Crippen LogP contribution in [0.25, 0.3) is 0 Å². The third kappa shape index (κ3) is 2.74. The second kappa shape index (κ2) is 4.63. The van der Waals surface area contributed by atoms with Gasteiger partial charge >= 0.3 is 51.4 Å². The Hall–Kier alpha value is 0.456. The second-order valence-corrected chi connectivity index (χ2v) is 2.98. The van der Waals surface area contributed by atoms with E-state index in [0.717, 1.165) is 11.5 Å². The Morgan fingerprint density at radius 2 is 2.25 bits per heavy atom. The van der Waals surface area contributed by atoms with E-state index in [1.54, 1.807) is 6.20 Å². The molecule has 0 aromatic carbocycles. The average molecular weight is 186 g/mol. The predicted molar refractivity (Wildman–Crippen MR) is 44.8 cm³/mol. The number of rotatable bonds is 2. The Morgan fingerprint density at radius 1 is 1.50 bits per heavy atom.